The van der Waals surface area contributed by atoms with E-state index in [0.29, 0.717) is 42.2 Å². The SMILES string of the molecule is CCc1noc(C)c1C(=O)NC[C@@H]1CCN(c2ccc(F)c(F)c2)C1. The number of hydrogen-bond acceptors (Lipinski definition) is 4. The van der Waals surface area contributed by atoms with Crippen molar-refractivity contribution in [1.29, 1.82) is 0 Å². The summed E-state index contributed by atoms with van der Waals surface area (Å²) in [5.74, 6) is -1.10. The van der Waals surface area contributed by atoms with Crippen LogP contribution in [-0.4, -0.2) is 30.7 Å². The van der Waals surface area contributed by atoms with Crippen LogP contribution in [0.15, 0.2) is 22.7 Å². The van der Waals surface area contributed by atoms with Gasteiger partial charge in [-0.2, -0.15) is 0 Å². The lowest BCUT2D eigenvalue weighted by Gasteiger charge is -2.19. The largest absolute Gasteiger partial charge is 0.371 e. The van der Waals surface area contributed by atoms with Crippen molar-refractivity contribution in [2.24, 2.45) is 5.92 Å². The topological polar surface area (TPSA) is 58.4 Å². The minimum atomic E-state index is -0.845. The molecule has 0 unspecified atom stereocenters. The molecule has 1 aliphatic heterocycles. The average molecular weight is 349 g/mol. The normalized spacial score (nSPS) is 17.1. The molecule has 2 aromatic rings. The van der Waals surface area contributed by atoms with Gasteiger partial charge in [0.25, 0.3) is 5.91 Å². The van der Waals surface area contributed by atoms with Crippen LogP contribution < -0.4 is 10.2 Å². The van der Waals surface area contributed by atoms with Gasteiger partial charge >= 0.3 is 0 Å². The summed E-state index contributed by atoms with van der Waals surface area (Å²) in [6.07, 6.45) is 1.51. The van der Waals surface area contributed by atoms with Crippen molar-refractivity contribution in [3.8, 4) is 0 Å². The molecule has 5 nitrogen and oxygen atoms in total. The summed E-state index contributed by atoms with van der Waals surface area (Å²) < 4.78 is 31.5. The lowest BCUT2D eigenvalue weighted by Crippen LogP contribution is -2.31. The van der Waals surface area contributed by atoms with Crippen LogP contribution in [0.3, 0.4) is 0 Å². The first-order valence-corrected chi connectivity index (χ1v) is 8.43. The van der Waals surface area contributed by atoms with Crippen molar-refractivity contribution in [2.45, 2.75) is 26.7 Å². The van der Waals surface area contributed by atoms with E-state index in [2.05, 4.69) is 10.5 Å². The molecule has 1 fully saturated rings. The number of aromatic nitrogens is 1. The molecular weight excluding hydrogens is 328 g/mol. The highest BCUT2D eigenvalue weighted by Crippen LogP contribution is 2.25. The number of benzene rings is 1. The number of rotatable bonds is 5. The second kappa shape index (κ2) is 7.21. The third-order valence-electron chi connectivity index (χ3n) is 4.60. The van der Waals surface area contributed by atoms with Gasteiger partial charge in [-0.05, 0) is 37.8 Å². The van der Waals surface area contributed by atoms with Crippen molar-refractivity contribution in [3.63, 3.8) is 0 Å². The molecule has 3 rings (SSSR count). The van der Waals surface area contributed by atoms with Gasteiger partial charge in [0, 0.05) is 31.4 Å². The molecule has 0 aliphatic carbocycles. The van der Waals surface area contributed by atoms with Crippen LogP contribution in [0.2, 0.25) is 0 Å². The Kier molecular flexibility index (Phi) is 5.01. The number of carbonyl (C=O) groups is 1. The summed E-state index contributed by atoms with van der Waals surface area (Å²) in [5, 5.41) is 6.83. The Hall–Kier alpha value is -2.44. The predicted octanol–water partition coefficient (Wildman–Crippen LogP) is 3.08. The monoisotopic (exact) mass is 349 g/mol. The Morgan fingerprint density at radius 1 is 1.40 bits per heavy atom. The Labute approximate surface area is 145 Å². The van der Waals surface area contributed by atoms with E-state index in [1.54, 1.807) is 13.0 Å². The molecule has 1 aromatic carbocycles. The molecule has 0 saturated carbocycles. The van der Waals surface area contributed by atoms with Crippen molar-refractivity contribution in [3.05, 3.63) is 46.9 Å². The number of aryl methyl sites for hydroxylation is 2. The van der Waals surface area contributed by atoms with E-state index in [0.717, 1.165) is 19.0 Å². The molecule has 1 amide bonds. The molecule has 1 aromatic heterocycles. The predicted molar refractivity (Wildman–Crippen MR) is 89.6 cm³/mol. The van der Waals surface area contributed by atoms with Crippen LogP contribution >= 0.6 is 0 Å². The molecule has 1 aliphatic rings. The fourth-order valence-electron chi connectivity index (χ4n) is 3.19. The number of hydrogen-bond donors (Lipinski definition) is 1. The molecule has 0 radical (unpaired) electrons. The van der Waals surface area contributed by atoms with Crippen LogP contribution in [0.5, 0.6) is 0 Å². The van der Waals surface area contributed by atoms with E-state index in [4.69, 9.17) is 4.52 Å². The number of nitrogens with zero attached hydrogens (tertiary/aromatic N) is 2. The van der Waals surface area contributed by atoms with Gasteiger partial charge in [-0.1, -0.05) is 12.1 Å². The van der Waals surface area contributed by atoms with Gasteiger partial charge in [-0.25, -0.2) is 8.78 Å². The van der Waals surface area contributed by atoms with Crippen LogP contribution in [0.25, 0.3) is 0 Å². The third kappa shape index (κ3) is 3.65. The smallest absolute Gasteiger partial charge is 0.256 e. The minimum absolute atomic E-state index is 0.179. The highest BCUT2D eigenvalue weighted by Gasteiger charge is 2.25. The highest BCUT2D eigenvalue weighted by molar-refractivity contribution is 5.96. The Morgan fingerprint density at radius 2 is 2.20 bits per heavy atom. The maximum Gasteiger partial charge on any atom is 0.256 e. The standard InChI is InChI=1S/C18H21F2N3O2/c1-3-16-17(11(2)25-22-16)18(24)21-9-12-6-7-23(10-12)13-4-5-14(19)15(20)8-13/h4-5,8,12H,3,6-7,9-10H2,1-2H3,(H,21,24)/t12-/m0/s1. The lowest BCUT2D eigenvalue weighted by atomic mass is 10.1. The fraction of sp³-hybridized carbons (Fsp3) is 0.444. The summed E-state index contributed by atoms with van der Waals surface area (Å²) in [5.41, 5.74) is 1.83. The quantitative estimate of drug-likeness (QED) is 0.901. The molecule has 1 N–H and O–H groups in total. The zero-order valence-corrected chi connectivity index (χ0v) is 14.3. The first-order chi connectivity index (χ1) is 12.0. The van der Waals surface area contributed by atoms with Gasteiger partial charge in [0.2, 0.25) is 0 Å². The van der Waals surface area contributed by atoms with Gasteiger partial charge in [-0.3, -0.25) is 4.79 Å². The molecule has 25 heavy (non-hydrogen) atoms. The van der Waals surface area contributed by atoms with Gasteiger partial charge in [0.15, 0.2) is 11.6 Å². The zero-order chi connectivity index (χ0) is 18.0. The zero-order valence-electron chi connectivity index (χ0n) is 14.3. The van der Waals surface area contributed by atoms with Gasteiger partial charge < -0.3 is 14.7 Å². The third-order valence-corrected chi connectivity index (χ3v) is 4.60. The summed E-state index contributed by atoms with van der Waals surface area (Å²) in [4.78, 5) is 14.4. The summed E-state index contributed by atoms with van der Waals surface area (Å²) in [6.45, 7) is 5.60. The van der Waals surface area contributed by atoms with Crippen LogP contribution in [0.1, 0.15) is 35.2 Å². The summed E-state index contributed by atoms with van der Waals surface area (Å²) >= 11 is 0. The molecule has 1 saturated heterocycles. The number of anilines is 1. The van der Waals surface area contributed by atoms with E-state index in [1.165, 1.54) is 6.07 Å². The van der Waals surface area contributed by atoms with Gasteiger partial charge in [0.1, 0.15) is 11.3 Å². The summed E-state index contributed by atoms with van der Waals surface area (Å²) in [7, 11) is 0. The second-order valence-corrected chi connectivity index (χ2v) is 6.32. The van der Waals surface area contributed by atoms with Crippen LogP contribution in [-0.2, 0) is 6.42 Å². The van der Waals surface area contributed by atoms with Crippen molar-refractivity contribution < 1.29 is 18.1 Å². The molecule has 0 spiro atoms. The van der Waals surface area contributed by atoms with Crippen LogP contribution in [0, 0.1) is 24.5 Å². The Morgan fingerprint density at radius 3 is 2.92 bits per heavy atom. The molecule has 1 atom stereocenters. The Balaban J connectivity index is 1.57. The average Bonchev–Trinajstić information content (AvgIpc) is 3.21. The van der Waals surface area contributed by atoms with E-state index < -0.39 is 11.6 Å². The number of carbonyl (C=O) groups excluding carboxylic acids is 1. The van der Waals surface area contributed by atoms with Gasteiger partial charge in [-0.15, -0.1) is 0 Å². The second-order valence-electron chi connectivity index (χ2n) is 6.32. The maximum atomic E-state index is 13.4. The van der Waals surface area contributed by atoms with E-state index >= 15 is 0 Å². The maximum absolute atomic E-state index is 13.4. The molecule has 2 heterocycles. The number of nitrogens with one attached hydrogen (secondary N) is 1. The molecule has 134 valence electrons. The molecule has 0 bridgehead atoms. The van der Waals surface area contributed by atoms with Crippen molar-refractivity contribution in [1.82, 2.24) is 10.5 Å². The first-order valence-electron chi connectivity index (χ1n) is 8.43. The highest BCUT2D eigenvalue weighted by atomic mass is 19.2. The molecule has 7 heteroatoms. The van der Waals surface area contributed by atoms with E-state index in [1.807, 2.05) is 11.8 Å². The van der Waals surface area contributed by atoms with E-state index in [9.17, 15) is 13.6 Å². The minimum Gasteiger partial charge on any atom is -0.371 e. The number of halogens is 2. The van der Waals surface area contributed by atoms with Gasteiger partial charge in [0.05, 0.1) is 5.69 Å². The lowest BCUT2D eigenvalue weighted by molar-refractivity contribution is 0.0946. The van der Waals surface area contributed by atoms with Crippen molar-refractivity contribution in [2.75, 3.05) is 24.5 Å². The van der Waals surface area contributed by atoms with Crippen LogP contribution in [0.4, 0.5) is 14.5 Å². The first kappa shape index (κ1) is 17.4. The Bertz CT molecular complexity index is 776. The van der Waals surface area contributed by atoms with E-state index in [-0.39, 0.29) is 11.8 Å². The van der Waals surface area contributed by atoms with Crippen molar-refractivity contribution >= 4 is 11.6 Å². The number of amides is 1. The fourth-order valence-corrected chi connectivity index (χ4v) is 3.19. The molecular formula is C18H21F2N3O2. The summed E-state index contributed by atoms with van der Waals surface area (Å²) in [6, 6.07) is 3.93.